The zero-order valence-corrected chi connectivity index (χ0v) is 15.5. The van der Waals surface area contributed by atoms with Crippen LogP contribution >= 0.6 is 0 Å². The maximum absolute atomic E-state index is 12.1. The third-order valence-electron chi connectivity index (χ3n) is 4.29. The molecule has 0 fully saturated rings. The van der Waals surface area contributed by atoms with Crippen molar-refractivity contribution in [2.75, 3.05) is 7.11 Å². The van der Waals surface area contributed by atoms with Crippen LogP contribution in [0.1, 0.15) is 12.3 Å². The van der Waals surface area contributed by atoms with E-state index < -0.39 is 11.7 Å². The number of methoxy groups -OCH3 is 1. The van der Waals surface area contributed by atoms with Gasteiger partial charge in [-0.2, -0.15) is 4.98 Å². The van der Waals surface area contributed by atoms with Gasteiger partial charge >= 0.3 is 11.7 Å². The van der Waals surface area contributed by atoms with Crippen molar-refractivity contribution < 1.29 is 23.2 Å². The molecule has 148 valence electrons. The van der Waals surface area contributed by atoms with Crippen LogP contribution in [0.4, 0.5) is 0 Å². The summed E-state index contributed by atoms with van der Waals surface area (Å²) in [7, 11) is 1.55. The molecule has 9 nitrogen and oxygen atoms in total. The number of benzene rings is 2. The van der Waals surface area contributed by atoms with E-state index in [0.29, 0.717) is 28.2 Å². The summed E-state index contributed by atoms with van der Waals surface area (Å²) in [5, 5.41) is 3.89. The number of esters is 1. The molecule has 9 heteroatoms. The Morgan fingerprint density at radius 2 is 1.93 bits per heavy atom. The minimum Gasteiger partial charge on any atom is -0.496 e. The number of carbonyl (C=O) groups is 1. The van der Waals surface area contributed by atoms with Gasteiger partial charge < -0.3 is 18.4 Å². The van der Waals surface area contributed by atoms with Crippen molar-refractivity contribution in [3.8, 4) is 17.1 Å². The topological polar surface area (TPSA) is 110 Å². The molecule has 0 aliphatic rings. The summed E-state index contributed by atoms with van der Waals surface area (Å²) in [5.41, 5.74) is 1.77. The van der Waals surface area contributed by atoms with Crippen LogP contribution < -0.4 is 10.5 Å². The summed E-state index contributed by atoms with van der Waals surface area (Å²) in [6.07, 6.45) is -0.00304. The summed E-state index contributed by atoms with van der Waals surface area (Å²) < 4.78 is 22.1. The van der Waals surface area contributed by atoms with Gasteiger partial charge in [0.15, 0.2) is 12.2 Å². The summed E-state index contributed by atoms with van der Waals surface area (Å²) in [5.74, 6) is 0.0845. The average Bonchev–Trinajstić information content (AvgIpc) is 3.34. The van der Waals surface area contributed by atoms with E-state index in [1.165, 1.54) is 4.57 Å². The number of carbonyl (C=O) groups excluding carboxylic acids is 1. The number of oxazole rings is 1. The molecule has 0 bridgehead atoms. The summed E-state index contributed by atoms with van der Waals surface area (Å²) >= 11 is 0. The molecular formula is C20H17N3O6. The molecule has 0 unspecified atom stereocenters. The highest BCUT2D eigenvalue weighted by Gasteiger charge is 2.15. The van der Waals surface area contributed by atoms with E-state index >= 15 is 0 Å². The number of hydrogen-bond donors (Lipinski definition) is 0. The van der Waals surface area contributed by atoms with Crippen LogP contribution in [0.2, 0.25) is 0 Å². The standard InChI is InChI=1S/C20H17N3O6/c1-26-15-8-4-2-6-13(15)19-21-17(29-22-19)12-27-18(24)10-11-23-14-7-3-5-9-16(14)28-20(23)25/h2-9H,10-12H2,1H3. The molecule has 4 aromatic rings. The van der Waals surface area contributed by atoms with E-state index in [1.54, 1.807) is 43.5 Å². The van der Waals surface area contributed by atoms with E-state index in [0.717, 1.165) is 0 Å². The number of rotatable bonds is 7. The molecule has 0 saturated heterocycles. The number of aryl methyl sites for hydroxylation is 1. The third kappa shape index (κ3) is 3.88. The fraction of sp³-hybridized carbons (Fsp3) is 0.200. The van der Waals surface area contributed by atoms with Gasteiger partial charge in [-0.15, -0.1) is 0 Å². The van der Waals surface area contributed by atoms with Crippen molar-refractivity contribution in [2.45, 2.75) is 19.6 Å². The first-order valence-electron chi connectivity index (χ1n) is 8.85. The number of para-hydroxylation sites is 3. The monoisotopic (exact) mass is 395 g/mol. The van der Waals surface area contributed by atoms with Crippen molar-refractivity contribution >= 4 is 17.1 Å². The van der Waals surface area contributed by atoms with Crippen molar-refractivity contribution in [3.63, 3.8) is 0 Å². The molecule has 2 heterocycles. The van der Waals surface area contributed by atoms with Crippen LogP contribution in [0.5, 0.6) is 5.75 Å². The lowest BCUT2D eigenvalue weighted by molar-refractivity contribution is -0.146. The highest BCUT2D eigenvalue weighted by atomic mass is 16.6. The Labute approximate surface area is 164 Å². The van der Waals surface area contributed by atoms with Gasteiger partial charge in [0.05, 0.1) is 24.6 Å². The Balaban J connectivity index is 1.36. The lowest BCUT2D eigenvalue weighted by Gasteiger charge is -2.03. The third-order valence-corrected chi connectivity index (χ3v) is 4.29. The molecule has 2 aromatic carbocycles. The van der Waals surface area contributed by atoms with Gasteiger partial charge in [-0.3, -0.25) is 9.36 Å². The quantitative estimate of drug-likeness (QED) is 0.439. The molecule has 0 aliphatic heterocycles. The maximum Gasteiger partial charge on any atom is 0.419 e. The van der Waals surface area contributed by atoms with Crippen molar-refractivity contribution in [1.82, 2.24) is 14.7 Å². The second kappa shape index (κ2) is 8.01. The predicted octanol–water partition coefficient (Wildman–Crippen LogP) is 2.79. The molecule has 29 heavy (non-hydrogen) atoms. The van der Waals surface area contributed by atoms with E-state index in [9.17, 15) is 9.59 Å². The highest BCUT2D eigenvalue weighted by Crippen LogP contribution is 2.27. The van der Waals surface area contributed by atoms with Crippen LogP contribution in [-0.2, 0) is 22.7 Å². The minimum absolute atomic E-state index is 0.00304. The second-order valence-corrected chi connectivity index (χ2v) is 6.11. The predicted molar refractivity (Wildman–Crippen MR) is 101 cm³/mol. The molecule has 0 saturated carbocycles. The number of nitrogens with zero attached hydrogens (tertiary/aromatic N) is 3. The molecule has 0 N–H and O–H groups in total. The fourth-order valence-electron chi connectivity index (χ4n) is 2.90. The highest BCUT2D eigenvalue weighted by molar-refractivity contribution is 5.73. The Morgan fingerprint density at radius 3 is 2.79 bits per heavy atom. The van der Waals surface area contributed by atoms with Crippen LogP contribution in [0.3, 0.4) is 0 Å². The van der Waals surface area contributed by atoms with Gasteiger partial charge in [-0.1, -0.05) is 29.4 Å². The van der Waals surface area contributed by atoms with Gasteiger partial charge in [0, 0.05) is 6.54 Å². The number of ether oxygens (including phenoxy) is 2. The normalized spacial score (nSPS) is 10.9. The second-order valence-electron chi connectivity index (χ2n) is 6.11. The molecule has 0 spiro atoms. The lowest BCUT2D eigenvalue weighted by Crippen LogP contribution is -2.17. The van der Waals surface area contributed by atoms with Gasteiger partial charge in [0.25, 0.3) is 5.89 Å². The van der Waals surface area contributed by atoms with Crippen LogP contribution in [0.25, 0.3) is 22.5 Å². The summed E-state index contributed by atoms with van der Waals surface area (Å²) in [6, 6.07) is 14.3. The fourth-order valence-corrected chi connectivity index (χ4v) is 2.90. The van der Waals surface area contributed by atoms with Gasteiger partial charge in [0.2, 0.25) is 5.82 Å². The molecule has 0 radical (unpaired) electrons. The largest absolute Gasteiger partial charge is 0.496 e. The van der Waals surface area contributed by atoms with Crippen molar-refractivity contribution in [1.29, 1.82) is 0 Å². The smallest absolute Gasteiger partial charge is 0.419 e. The molecular weight excluding hydrogens is 378 g/mol. The molecule has 4 rings (SSSR count). The van der Waals surface area contributed by atoms with Crippen LogP contribution in [-0.4, -0.2) is 27.8 Å². The van der Waals surface area contributed by atoms with Crippen LogP contribution in [0, 0.1) is 0 Å². The first-order chi connectivity index (χ1) is 14.2. The SMILES string of the molecule is COc1ccccc1-c1noc(COC(=O)CCn2c(=O)oc3ccccc32)n1. The minimum atomic E-state index is -0.516. The Morgan fingerprint density at radius 1 is 1.14 bits per heavy atom. The average molecular weight is 395 g/mol. The van der Waals surface area contributed by atoms with Crippen LogP contribution in [0.15, 0.2) is 62.3 Å². The Kier molecular flexibility index (Phi) is 5.10. The molecule has 2 aromatic heterocycles. The van der Waals surface area contributed by atoms with E-state index in [4.69, 9.17) is 18.4 Å². The maximum atomic E-state index is 12.1. The zero-order valence-electron chi connectivity index (χ0n) is 15.5. The van der Waals surface area contributed by atoms with E-state index in [2.05, 4.69) is 10.1 Å². The molecule has 0 atom stereocenters. The number of aromatic nitrogens is 3. The molecule has 0 amide bonds. The zero-order chi connectivity index (χ0) is 20.2. The van der Waals surface area contributed by atoms with E-state index in [-0.39, 0.29) is 25.5 Å². The van der Waals surface area contributed by atoms with Crippen molar-refractivity contribution in [3.05, 3.63) is 65.0 Å². The van der Waals surface area contributed by atoms with E-state index in [1.807, 2.05) is 12.1 Å². The summed E-state index contributed by atoms with van der Waals surface area (Å²) in [6.45, 7) is -0.0208. The summed E-state index contributed by atoms with van der Waals surface area (Å²) in [4.78, 5) is 28.2. The van der Waals surface area contributed by atoms with Gasteiger partial charge in [0.1, 0.15) is 5.75 Å². The van der Waals surface area contributed by atoms with Gasteiger partial charge in [-0.05, 0) is 24.3 Å². The Hall–Kier alpha value is -3.88. The van der Waals surface area contributed by atoms with Gasteiger partial charge in [-0.25, -0.2) is 4.79 Å². The Bertz CT molecular complexity index is 1210. The number of hydrogen-bond acceptors (Lipinski definition) is 8. The first-order valence-corrected chi connectivity index (χ1v) is 8.85. The first kappa shape index (κ1) is 18.5. The number of fused-ring (bicyclic) bond motifs is 1. The van der Waals surface area contributed by atoms with Crippen molar-refractivity contribution in [2.24, 2.45) is 0 Å². The molecule has 0 aliphatic carbocycles. The lowest BCUT2D eigenvalue weighted by atomic mass is 10.2.